The molecule has 108 valence electrons. The summed E-state index contributed by atoms with van der Waals surface area (Å²) in [6, 6.07) is 3.32. The van der Waals surface area contributed by atoms with Gasteiger partial charge in [0.25, 0.3) is 0 Å². The fraction of sp³-hybridized carbons (Fsp3) is 0.333. The minimum atomic E-state index is -3.73. The van der Waals surface area contributed by atoms with Gasteiger partial charge in [0, 0.05) is 30.9 Å². The average molecular weight is 297 g/mol. The molecular weight excluding hydrogens is 282 g/mol. The van der Waals surface area contributed by atoms with Gasteiger partial charge in [-0.25, -0.2) is 13.4 Å². The number of aromatic amines is 1. The zero-order valence-corrected chi connectivity index (χ0v) is 11.7. The van der Waals surface area contributed by atoms with Crippen LogP contribution in [0.1, 0.15) is 13.3 Å². The highest BCUT2D eigenvalue weighted by molar-refractivity contribution is 7.89. The van der Waals surface area contributed by atoms with Gasteiger partial charge >= 0.3 is 5.97 Å². The molecular formula is C12H15N3O4S. The Hall–Kier alpha value is -1.93. The standard InChI is InChI=1S/C12H15N3O4S/c1-2-15(7-5-11(16)17)20(18,19)10-8-14-12-9(10)4-3-6-13-12/h3-4,6,8H,2,5,7H2,1H3,(H,13,14)(H,16,17). The Morgan fingerprint density at radius 3 is 2.90 bits per heavy atom. The first kappa shape index (κ1) is 14.5. The maximum atomic E-state index is 12.5. The van der Waals surface area contributed by atoms with Crippen LogP contribution in [0.5, 0.6) is 0 Å². The summed E-state index contributed by atoms with van der Waals surface area (Å²) in [4.78, 5) is 17.6. The first-order valence-electron chi connectivity index (χ1n) is 6.11. The number of aliphatic carboxylic acids is 1. The number of carboxylic acid groups (broad SMARTS) is 1. The van der Waals surface area contributed by atoms with Crippen molar-refractivity contribution in [3.8, 4) is 0 Å². The van der Waals surface area contributed by atoms with E-state index < -0.39 is 16.0 Å². The number of nitrogens with one attached hydrogen (secondary N) is 1. The first-order chi connectivity index (χ1) is 9.46. The van der Waals surface area contributed by atoms with Crippen LogP contribution in [0.25, 0.3) is 11.0 Å². The number of sulfonamides is 1. The lowest BCUT2D eigenvalue weighted by atomic mass is 10.3. The molecule has 0 radical (unpaired) electrons. The molecule has 0 aliphatic heterocycles. The van der Waals surface area contributed by atoms with Gasteiger partial charge in [-0.15, -0.1) is 0 Å². The molecule has 0 bridgehead atoms. The second kappa shape index (κ2) is 5.59. The van der Waals surface area contributed by atoms with E-state index in [-0.39, 0.29) is 24.4 Å². The molecule has 0 unspecified atom stereocenters. The van der Waals surface area contributed by atoms with Crippen LogP contribution < -0.4 is 0 Å². The van der Waals surface area contributed by atoms with E-state index >= 15 is 0 Å². The molecule has 8 heteroatoms. The molecule has 2 aromatic rings. The number of carbonyl (C=O) groups is 1. The van der Waals surface area contributed by atoms with Crippen LogP contribution in [0.4, 0.5) is 0 Å². The van der Waals surface area contributed by atoms with E-state index in [1.807, 2.05) is 0 Å². The number of aromatic nitrogens is 2. The van der Waals surface area contributed by atoms with Crippen LogP contribution in [0, 0.1) is 0 Å². The number of hydrogen-bond donors (Lipinski definition) is 2. The molecule has 2 N–H and O–H groups in total. The topological polar surface area (TPSA) is 103 Å². The number of fused-ring (bicyclic) bond motifs is 1. The van der Waals surface area contributed by atoms with Crippen LogP contribution >= 0.6 is 0 Å². The molecule has 2 heterocycles. The molecule has 7 nitrogen and oxygen atoms in total. The molecule has 0 amide bonds. The number of rotatable bonds is 6. The van der Waals surface area contributed by atoms with Crippen molar-refractivity contribution in [1.82, 2.24) is 14.3 Å². The Bertz CT molecular complexity index is 723. The molecule has 20 heavy (non-hydrogen) atoms. The summed E-state index contributed by atoms with van der Waals surface area (Å²) in [7, 11) is -3.73. The maximum absolute atomic E-state index is 12.5. The number of H-pyrrole nitrogens is 1. The summed E-state index contributed by atoms with van der Waals surface area (Å²) in [5, 5.41) is 9.19. The lowest BCUT2D eigenvalue weighted by Crippen LogP contribution is -2.32. The number of nitrogens with zero attached hydrogens (tertiary/aromatic N) is 2. The molecule has 0 aliphatic rings. The van der Waals surface area contributed by atoms with Crippen LogP contribution in [0.2, 0.25) is 0 Å². The van der Waals surface area contributed by atoms with Gasteiger partial charge in [-0.3, -0.25) is 4.79 Å². The van der Waals surface area contributed by atoms with Crippen molar-refractivity contribution in [3.63, 3.8) is 0 Å². The molecule has 0 fully saturated rings. The van der Waals surface area contributed by atoms with Crippen molar-refractivity contribution in [3.05, 3.63) is 24.5 Å². The maximum Gasteiger partial charge on any atom is 0.304 e. The van der Waals surface area contributed by atoms with Crippen molar-refractivity contribution >= 4 is 27.0 Å². The lowest BCUT2D eigenvalue weighted by molar-refractivity contribution is -0.137. The summed E-state index contributed by atoms with van der Waals surface area (Å²) in [5.74, 6) is -1.03. The minimum absolute atomic E-state index is 0.0545. The highest BCUT2D eigenvalue weighted by Crippen LogP contribution is 2.24. The van der Waals surface area contributed by atoms with Gasteiger partial charge in [0.05, 0.1) is 6.42 Å². The largest absolute Gasteiger partial charge is 0.481 e. The summed E-state index contributed by atoms with van der Waals surface area (Å²) in [6.45, 7) is 1.83. The predicted octanol–water partition coefficient (Wildman–Crippen LogP) is 1.05. The van der Waals surface area contributed by atoms with Crippen molar-refractivity contribution in [2.75, 3.05) is 13.1 Å². The highest BCUT2D eigenvalue weighted by Gasteiger charge is 2.26. The quantitative estimate of drug-likeness (QED) is 0.829. The smallest absolute Gasteiger partial charge is 0.304 e. The third-order valence-corrected chi connectivity index (χ3v) is 4.97. The second-order valence-electron chi connectivity index (χ2n) is 4.19. The van der Waals surface area contributed by atoms with Crippen LogP contribution in [-0.4, -0.2) is 46.9 Å². The molecule has 2 rings (SSSR count). The van der Waals surface area contributed by atoms with Crippen molar-refractivity contribution in [2.24, 2.45) is 0 Å². The number of carboxylic acids is 1. The second-order valence-corrected chi connectivity index (χ2v) is 6.10. The highest BCUT2D eigenvalue weighted by atomic mass is 32.2. The Labute approximate surface area is 116 Å². The molecule has 0 saturated carbocycles. The fourth-order valence-corrected chi connectivity index (χ4v) is 3.55. The van der Waals surface area contributed by atoms with Gasteiger partial charge in [0.15, 0.2) is 0 Å². The number of pyridine rings is 1. The van der Waals surface area contributed by atoms with Crippen LogP contribution in [-0.2, 0) is 14.8 Å². The van der Waals surface area contributed by atoms with Gasteiger partial charge in [-0.05, 0) is 12.1 Å². The Kier molecular flexibility index (Phi) is 4.05. The summed E-state index contributed by atoms with van der Waals surface area (Å²) in [5.41, 5.74) is 0.486. The van der Waals surface area contributed by atoms with E-state index in [0.717, 1.165) is 4.31 Å². The zero-order valence-electron chi connectivity index (χ0n) is 10.9. The van der Waals surface area contributed by atoms with Gasteiger partial charge < -0.3 is 10.1 Å². The minimum Gasteiger partial charge on any atom is -0.481 e. The van der Waals surface area contributed by atoms with Crippen molar-refractivity contribution in [1.29, 1.82) is 0 Å². The Balaban J connectivity index is 2.40. The van der Waals surface area contributed by atoms with Gasteiger partial charge in [-0.2, -0.15) is 4.31 Å². The van der Waals surface area contributed by atoms with E-state index in [1.165, 1.54) is 6.20 Å². The van der Waals surface area contributed by atoms with Crippen molar-refractivity contribution in [2.45, 2.75) is 18.2 Å². The van der Waals surface area contributed by atoms with E-state index in [9.17, 15) is 13.2 Å². The third-order valence-electron chi connectivity index (χ3n) is 2.96. The van der Waals surface area contributed by atoms with E-state index in [0.29, 0.717) is 11.0 Å². The molecule has 0 saturated heterocycles. The van der Waals surface area contributed by atoms with Gasteiger partial charge in [0.1, 0.15) is 10.5 Å². The average Bonchev–Trinajstić information content (AvgIpc) is 2.83. The molecule has 0 aromatic carbocycles. The van der Waals surface area contributed by atoms with Crippen molar-refractivity contribution < 1.29 is 18.3 Å². The Morgan fingerprint density at radius 2 is 2.25 bits per heavy atom. The lowest BCUT2D eigenvalue weighted by Gasteiger charge is -2.19. The molecule has 0 atom stereocenters. The summed E-state index contributed by atoms with van der Waals surface area (Å²) >= 11 is 0. The Morgan fingerprint density at radius 1 is 1.50 bits per heavy atom. The third kappa shape index (κ3) is 2.66. The van der Waals surface area contributed by atoms with Crippen LogP contribution in [0.15, 0.2) is 29.4 Å². The first-order valence-corrected chi connectivity index (χ1v) is 7.55. The van der Waals surface area contributed by atoms with Crippen LogP contribution in [0.3, 0.4) is 0 Å². The molecule has 0 aliphatic carbocycles. The molecule has 0 spiro atoms. The van der Waals surface area contributed by atoms with E-state index in [4.69, 9.17) is 5.11 Å². The predicted molar refractivity (Wildman–Crippen MR) is 72.8 cm³/mol. The van der Waals surface area contributed by atoms with Gasteiger partial charge in [0.2, 0.25) is 10.0 Å². The molecule has 2 aromatic heterocycles. The fourth-order valence-electron chi connectivity index (χ4n) is 1.95. The monoisotopic (exact) mass is 297 g/mol. The zero-order chi connectivity index (χ0) is 14.8. The number of hydrogen-bond acceptors (Lipinski definition) is 4. The normalized spacial score (nSPS) is 12.1. The van der Waals surface area contributed by atoms with Gasteiger partial charge in [-0.1, -0.05) is 6.92 Å². The summed E-state index contributed by atoms with van der Waals surface area (Å²) < 4.78 is 26.2. The SMILES string of the molecule is CCN(CCC(=O)O)S(=O)(=O)c1c[nH]c2ncccc12. The van der Waals surface area contributed by atoms with E-state index in [1.54, 1.807) is 25.3 Å². The van der Waals surface area contributed by atoms with E-state index in [2.05, 4.69) is 9.97 Å². The summed E-state index contributed by atoms with van der Waals surface area (Å²) in [6.07, 6.45) is 2.72.